The molecule has 3 heteroatoms. The van der Waals surface area contributed by atoms with Crippen LogP contribution < -0.4 is 0 Å². The standard InChI is InChI=1S/C13H22OSSi/c1-16(2,3)8-4-7-13(14)9-11-5-6-12(10-13)15-11/h11-12,14H,5-7,9-10H2,1-3H3. The Kier molecular flexibility index (Phi) is 3.45. The molecular weight excluding hydrogens is 232 g/mol. The third kappa shape index (κ3) is 3.29. The second kappa shape index (κ2) is 4.40. The molecule has 2 heterocycles. The molecule has 0 radical (unpaired) electrons. The quantitative estimate of drug-likeness (QED) is 0.573. The molecular formula is C13H22OSSi. The van der Waals surface area contributed by atoms with Gasteiger partial charge in [-0.05, 0) is 25.7 Å². The number of hydrogen-bond donors (Lipinski definition) is 1. The number of thioether (sulfide) groups is 1. The molecule has 2 fully saturated rings. The predicted molar refractivity (Wildman–Crippen MR) is 74.3 cm³/mol. The maximum atomic E-state index is 10.5. The van der Waals surface area contributed by atoms with Crippen LogP contribution in [0.3, 0.4) is 0 Å². The Labute approximate surface area is 104 Å². The zero-order valence-corrected chi connectivity index (χ0v) is 12.4. The van der Waals surface area contributed by atoms with Crippen LogP contribution in [0.25, 0.3) is 0 Å². The van der Waals surface area contributed by atoms with Crippen LogP contribution in [0.2, 0.25) is 19.6 Å². The van der Waals surface area contributed by atoms with Gasteiger partial charge in [0.25, 0.3) is 0 Å². The fraction of sp³-hybridized carbons (Fsp3) is 0.846. The van der Waals surface area contributed by atoms with Crippen LogP contribution in [0.15, 0.2) is 0 Å². The Morgan fingerprint density at radius 3 is 2.31 bits per heavy atom. The van der Waals surface area contributed by atoms with Gasteiger partial charge in [0.05, 0.1) is 5.60 Å². The fourth-order valence-corrected chi connectivity index (χ4v) is 5.15. The third-order valence-electron chi connectivity index (χ3n) is 3.29. The van der Waals surface area contributed by atoms with E-state index in [1.807, 2.05) is 0 Å². The summed E-state index contributed by atoms with van der Waals surface area (Å²) in [5.74, 6) is 3.26. The van der Waals surface area contributed by atoms with Gasteiger partial charge in [0.15, 0.2) is 0 Å². The molecule has 2 aliphatic rings. The van der Waals surface area contributed by atoms with E-state index < -0.39 is 13.7 Å². The number of hydrogen-bond acceptors (Lipinski definition) is 2. The van der Waals surface area contributed by atoms with Gasteiger partial charge in [-0.15, -0.1) is 11.5 Å². The van der Waals surface area contributed by atoms with Gasteiger partial charge in [-0.2, -0.15) is 11.8 Å². The van der Waals surface area contributed by atoms with Gasteiger partial charge in [-0.3, -0.25) is 0 Å². The molecule has 16 heavy (non-hydrogen) atoms. The van der Waals surface area contributed by atoms with Crippen molar-refractivity contribution >= 4 is 19.8 Å². The second-order valence-electron chi connectivity index (χ2n) is 6.32. The summed E-state index contributed by atoms with van der Waals surface area (Å²) in [5, 5.41) is 12.0. The van der Waals surface area contributed by atoms with Gasteiger partial charge < -0.3 is 5.11 Å². The van der Waals surface area contributed by atoms with Crippen LogP contribution in [0.4, 0.5) is 0 Å². The Balaban J connectivity index is 1.95. The summed E-state index contributed by atoms with van der Waals surface area (Å²) in [6, 6.07) is 0. The normalized spacial score (nSPS) is 38.0. The average molecular weight is 254 g/mol. The van der Waals surface area contributed by atoms with Crippen LogP contribution in [0.5, 0.6) is 0 Å². The lowest BCUT2D eigenvalue weighted by Crippen LogP contribution is -2.36. The summed E-state index contributed by atoms with van der Waals surface area (Å²) in [5.41, 5.74) is 2.90. The maximum absolute atomic E-state index is 10.5. The highest BCUT2D eigenvalue weighted by Gasteiger charge is 2.42. The first-order valence-electron chi connectivity index (χ1n) is 6.24. The Morgan fingerprint density at radius 1 is 1.25 bits per heavy atom. The van der Waals surface area contributed by atoms with Crippen molar-refractivity contribution in [1.82, 2.24) is 0 Å². The smallest absolute Gasteiger partial charge is 0.129 e. The van der Waals surface area contributed by atoms with E-state index in [1.54, 1.807) is 0 Å². The highest BCUT2D eigenvalue weighted by Crippen LogP contribution is 2.48. The molecule has 2 rings (SSSR count). The zero-order valence-electron chi connectivity index (χ0n) is 10.5. The summed E-state index contributed by atoms with van der Waals surface area (Å²) >= 11 is 2.09. The minimum absolute atomic E-state index is 0.469. The van der Waals surface area contributed by atoms with Gasteiger partial charge in [-0.25, -0.2) is 0 Å². The van der Waals surface area contributed by atoms with Gasteiger partial charge in [-0.1, -0.05) is 19.6 Å². The van der Waals surface area contributed by atoms with Crippen molar-refractivity contribution in [3.05, 3.63) is 0 Å². The molecule has 0 amide bonds. The number of aliphatic hydroxyl groups is 1. The van der Waals surface area contributed by atoms with E-state index in [9.17, 15) is 5.11 Å². The Morgan fingerprint density at radius 2 is 1.81 bits per heavy atom. The molecule has 0 aromatic heterocycles. The first-order valence-corrected chi connectivity index (χ1v) is 10.7. The summed E-state index contributed by atoms with van der Waals surface area (Å²) in [6.45, 7) is 6.76. The zero-order chi connectivity index (χ0) is 11.8. The van der Waals surface area contributed by atoms with Crippen LogP contribution in [-0.4, -0.2) is 29.3 Å². The molecule has 2 unspecified atom stereocenters. The van der Waals surface area contributed by atoms with E-state index in [-0.39, 0.29) is 0 Å². The van der Waals surface area contributed by atoms with Crippen molar-refractivity contribution in [3.63, 3.8) is 0 Å². The van der Waals surface area contributed by atoms with Crippen LogP contribution in [0.1, 0.15) is 32.1 Å². The Bertz CT molecular complexity index is 311. The van der Waals surface area contributed by atoms with Crippen LogP contribution >= 0.6 is 11.8 Å². The molecule has 1 N–H and O–H groups in total. The fourth-order valence-electron chi connectivity index (χ4n) is 2.63. The summed E-state index contributed by atoms with van der Waals surface area (Å²) in [6.07, 6.45) is 5.24. The number of fused-ring (bicyclic) bond motifs is 2. The Hall–Kier alpha value is 0.0869. The van der Waals surface area contributed by atoms with E-state index in [4.69, 9.17) is 0 Å². The van der Waals surface area contributed by atoms with E-state index >= 15 is 0 Å². The lowest BCUT2D eigenvalue weighted by molar-refractivity contribution is 0.0290. The molecule has 0 aromatic rings. The molecule has 2 atom stereocenters. The monoisotopic (exact) mass is 254 g/mol. The minimum Gasteiger partial charge on any atom is -0.389 e. The predicted octanol–water partition coefficient (Wildman–Crippen LogP) is 3.05. The first-order chi connectivity index (χ1) is 7.36. The van der Waals surface area contributed by atoms with Gasteiger partial charge in [0, 0.05) is 16.9 Å². The first kappa shape index (κ1) is 12.5. The average Bonchev–Trinajstić information content (AvgIpc) is 2.43. The molecule has 2 saturated heterocycles. The molecule has 0 spiro atoms. The van der Waals surface area contributed by atoms with E-state index in [2.05, 4.69) is 42.9 Å². The lowest BCUT2D eigenvalue weighted by atomic mass is 9.90. The minimum atomic E-state index is -1.27. The molecule has 0 aliphatic carbocycles. The van der Waals surface area contributed by atoms with Gasteiger partial charge in [0.2, 0.25) is 0 Å². The molecule has 0 aromatic carbocycles. The van der Waals surface area contributed by atoms with Gasteiger partial charge in [0.1, 0.15) is 8.07 Å². The second-order valence-corrected chi connectivity index (χ2v) is 12.7. The maximum Gasteiger partial charge on any atom is 0.129 e. The highest BCUT2D eigenvalue weighted by molar-refractivity contribution is 8.00. The van der Waals surface area contributed by atoms with E-state index in [0.29, 0.717) is 16.9 Å². The summed E-state index contributed by atoms with van der Waals surface area (Å²) in [7, 11) is -1.27. The molecule has 90 valence electrons. The van der Waals surface area contributed by atoms with E-state index in [1.165, 1.54) is 12.8 Å². The highest BCUT2D eigenvalue weighted by atomic mass is 32.2. The number of rotatable bonds is 1. The largest absolute Gasteiger partial charge is 0.389 e. The molecule has 2 aliphatic heterocycles. The van der Waals surface area contributed by atoms with Crippen molar-refractivity contribution in [2.45, 2.75) is 67.8 Å². The SMILES string of the molecule is C[Si](C)(C)C#CCC1(O)CC2CCC(C1)S2. The summed E-state index contributed by atoms with van der Waals surface area (Å²) < 4.78 is 0. The third-order valence-corrected chi connectivity index (χ3v) is 5.79. The van der Waals surface area contributed by atoms with Crippen molar-refractivity contribution in [1.29, 1.82) is 0 Å². The van der Waals surface area contributed by atoms with Crippen molar-refractivity contribution in [2.75, 3.05) is 0 Å². The van der Waals surface area contributed by atoms with Crippen molar-refractivity contribution in [3.8, 4) is 11.5 Å². The van der Waals surface area contributed by atoms with Crippen LogP contribution in [0, 0.1) is 11.5 Å². The van der Waals surface area contributed by atoms with Crippen molar-refractivity contribution < 1.29 is 5.11 Å². The summed E-state index contributed by atoms with van der Waals surface area (Å²) in [4.78, 5) is 0. The van der Waals surface area contributed by atoms with E-state index in [0.717, 1.165) is 12.8 Å². The molecule has 2 bridgehead atoms. The topological polar surface area (TPSA) is 20.2 Å². The van der Waals surface area contributed by atoms with Crippen LogP contribution in [-0.2, 0) is 0 Å². The lowest BCUT2D eigenvalue weighted by Gasteiger charge is -2.34. The van der Waals surface area contributed by atoms with Crippen molar-refractivity contribution in [2.24, 2.45) is 0 Å². The molecule has 1 nitrogen and oxygen atoms in total. The van der Waals surface area contributed by atoms with Gasteiger partial charge >= 0.3 is 0 Å². The molecule has 0 saturated carbocycles.